The van der Waals surface area contributed by atoms with Crippen molar-refractivity contribution in [1.82, 2.24) is 4.98 Å². The molecule has 0 amide bonds. The van der Waals surface area contributed by atoms with E-state index in [2.05, 4.69) is 24.9 Å². The lowest BCUT2D eigenvalue weighted by molar-refractivity contribution is 0.526. The highest BCUT2D eigenvalue weighted by Gasteiger charge is 2.25. The minimum atomic E-state index is 0.659. The highest BCUT2D eigenvalue weighted by molar-refractivity contribution is 5.29. The number of fused-ring (bicyclic) bond motifs is 1. The first-order valence-electron chi connectivity index (χ1n) is 4.23. The summed E-state index contributed by atoms with van der Waals surface area (Å²) in [6.45, 7) is 4.57. The van der Waals surface area contributed by atoms with E-state index in [1.54, 1.807) is 0 Å². The summed E-state index contributed by atoms with van der Waals surface area (Å²) in [4.78, 5) is 4.39. The van der Waals surface area contributed by atoms with Crippen LogP contribution in [-0.2, 0) is 6.42 Å². The zero-order valence-electron chi connectivity index (χ0n) is 7.04. The van der Waals surface area contributed by atoms with Crippen LogP contribution in [0.2, 0.25) is 0 Å². The van der Waals surface area contributed by atoms with Crippen LogP contribution < -0.4 is 0 Å². The Labute approximate surface area is 67.5 Å². The summed E-state index contributed by atoms with van der Waals surface area (Å²) in [6, 6.07) is 4.23. The van der Waals surface area contributed by atoms with Crippen molar-refractivity contribution in [3.05, 3.63) is 29.6 Å². The smallest absolute Gasteiger partial charge is 0.0466 e. The summed E-state index contributed by atoms with van der Waals surface area (Å²) >= 11 is 0. The molecule has 1 nitrogen and oxygen atoms in total. The highest BCUT2D eigenvalue weighted by atomic mass is 14.7. The van der Waals surface area contributed by atoms with Gasteiger partial charge in [0.2, 0.25) is 0 Å². The van der Waals surface area contributed by atoms with E-state index in [1.807, 2.05) is 12.3 Å². The monoisotopic (exact) mass is 147 g/mol. The van der Waals surface area contributed by atoms with E-state index in [9.17, 15) is 0 Å². The van der Waals surface area contributed by atoms with Crippen LogP contribution in [0.5, 0.6) is 0 Å². The Morgan fingerprint density at radius 2 is 2.27 bits per heavy atom. The van der Waals surface area contributed by atoms with Gasteiger partial charge in [-0.05, 0) is 24.0 Å². The van der Waals surface area contributed by atoms with Gasteiger partial charge in [-0.1, -0.05) is 19.9 Å². The van der Waals surface area contributed by atoms with Crippen LogP contribution in [0.4, 0.5) is 0 Å². The number of hydrogen-bond donors (Lipinski definition) is 0. The summed E-state index contributed by atoms with van der Waals surface area (Å²) < 4.78 is 0. The van der Waals surface area contributed by atoms with Crippen LogP contribution in [0.1, 0.15) is 31.0 Å². The summed E-state index contributed by atoms with van der Waals surface area (Å²) in [6.07, 6.45) is 3.11. The quantitative estimate of drug-likeness (QED) is 0.549. The third kappa shape index (κ3) is 0.953. The van der Waals surface area contributed by atoms with Crippen molar-refractivity contribution >= 4 is 0 Å². The van der Waals surface area contributed by atoms with Crippen molar-refractivity contribution in [2.45, 2.75) is 26.2 Å². The molecule has 1 heteroatoms. The Balaban J connectivity index is 2.47. The Morgan fingerprint density at radius 1 is 1.45 bits per heavy atom. The van der Waals surface area contributed by atoms with Gasteiger partial charge in [0.25, 0.3) is 0 Å². The molecule has 58 valence electrons. The van der Waals surface area contributed by atoms with E-state index >= 15 is 0 Å². The topological polar surface area (TPSA) is 12.9 Å². The van der Waals surface area contributed by atoms with Crippen molar-refractivity contribution in [2.75, 3.05) is 0 Å². The lowest BCUT2D eigenvalue weighted by atomic mass is 9.99. The molecule has 0 unspecified atom stereocenters. The fourth-order valence-electron chi connectivity index (χ4n) is 1.83. The van der Waals surface area contributed by atoms with E-state index in [0.717, 1.165) is 5.92 Å². The van der Waals surface area contributed by atoms with Crippen LogP contribution in [0.25, 0.3) is 0 Å². The van der Waals surface area contributed by atoms with E-state index in [-0.39, 0.29) is 0 Å². The molecular weight excluding hydrogens is 134 g/mol. The zero-order valence-corrected chi connectivity index (χ0v) is 7.04. The number of rotatable bonds is 0. The summed E-state index contributed by atoms with van der Waals surface area (Å²) in [5.74, 6) is 1.44. The summed E-state index contributed by atoms with van der Waals surface area (Å²) in [7, 11) is 0. The second-order valence-electron chi connectivity index (χ2n) is 3.52. The van der Waals surface area contributed by atoms with Crippen LogP contribution >= 0.6 is 0 Å². The summed E-state index contributed by atoms with van der Waals surface area (Å²) in [5, 5.41) is 0. The van der Waals surface area contributed by atoms with Gasteiger partial charge in [0.1, 0.15) is 0 Å². The maximum atomic E-state index is 4.39. The van der Waals surface area contributed by atoms with Gasteiger partial charge in [0, 0.05) is 17.8 Å². The van der Waals surface area contributed by atoms with Crippen molar-refractivity contribution in [3.8, 4) is 0 Å². The molecule has 1 aromatic rings. The molecule has 1 aliphatic rings. The lowest BCUT2D eigenvalue weighted by Crippen LogP contribution is -1.98. The molecule has 0 aromatic carbocycles. The molecule has 2 atom stereocenters. The van der Waals surface area contributed by atoms with Gasteiger partial charge in [-0.3, -0.25) is 4.98 Å². The van der Waals surface area contributed by atoms with Crippen molar-refractivity contribution in [2.24, 2.45) is 5.92 Å². The Morgan fingerprint density at radius 3 is 3.00 bits per heavy atom. The van der Waals surface area contributed by atoms with Crippen LogP contribution in [0, 0.1) is 5.92 Å². The average Bonchev–Trinajstić information content (AvgIpc) is 2.30. The first-order chi connectivity index (χ1) is 5.29. The van der Waals surface area contributed by atoms with Gasteiger partial charge in [-0.25, -0.2) is 0 Å². The normalized spacial score (nSPS) is 28.5. The number of hydrogen-bond acceptors (Lipinski definition) is 1. The zero-order chi connectivity index (χ0) is 7.84. The molecule has 2 rings (SSSR count). The van der Waals surface area contributed by atoms with Crippen LogP contribution in [-0.4, -0.2) is 4.98 Å². The minimum absolute atomic E-state index is 0.659. The Hall–Kier alpha value is -0.850. The standard InChI is InChI=1S/C10H13N/c1-7-6-9-4-3-5-11-10(9)8(7)2/h3-5,7-8H,6H2,1-2H3/t7-,8-/m1/s1. The number of pyridine rings is 1. The second-order valence-corrected chi connectivity index (χ2v) is 3.52. The predicted molar refractivity (Wildman–Crippen MR) is 45.5 cm³/mol. The molecule has 1 heterocycles. The average molecular weight is 147 g/mol. The van der Waals surface area contributed by atoms with E-state index in [0.29, 0.717) is 5.92 Å². The van der Waals surface area contributed by atoms with Crippen molar-refractivity contribution < 1.29 is 0 Å². The van der Waals surface area contributed by atoms with Gasteiger partial charge < -0.3 is 0 Å². The molecule has 0 bridgehead atoms. The molecule has 0 aliphatic heterocycles. The molecule has 11 heavy (non-hydrogen) atoms. The van der Waals surface area contributed by atoms with Gasteiger partial charge >= 0.3 is 0 Å². The third-order valence-electron chi connectivity index (χ3n) is 2.75. The SMILES string of the molecule is C[C@@H]1Cc2cccnc2[C@@H]1C. The number of nitrogens with zero attached hydrogens (tertiary/aromatic N) is 1. The van der Waals surface area contributed by atoms with Gasteiger partial charge in [-0.15, -0.1) is 0 Å². The largest absolute Gasteiger partial charge is 0.261 e. The molecular formula is C10H13N. The van der Waals surface area contributed by atoms with Gasteiger partial charge in [0.05, 0.1) is 0 Å². The van der Waals surface area contributed by atoms with E-state index < -0.39 is 0 Å². The third-order valence-corrected chi connectivity index (χ3v) is 2.75. The van der Waals surface area contributed by atoms with Crippen LogP contribution in [0.15, 0.2) is 18.3 Å². The molecule has 0 fully saturated rings. The fourth-order valence-corrected chi connectivity index (χ4v) is 1.83. The fraction of sp³-hybridized carbons (Fsp3) is 0.500. The van der Waals surface area contributed by atoms with Crippen molar-refractivity contribution in [3.63, 3.8) is 0 Å². The Bertz CT molecular complexity index is 267. The molecule has 1 aliphatic carbocycles. The van der Waals surface area contributed by atoms with E-state index in [4.69, 9.17) is 0 Å². The van der Waals surface area contributed by atoms with Gasteiger partial charge in [-0.2, -0.15) is 0 Å². The lowest BCUT2D eigenvalue weighted by Gasteiger charge is -2.07. The van der Waals surface area contributed by atoms with E-state index in [1.165, 1.54) is 17.7 Å². The molecule has 0 spiro atoms. The maximum absolute atomic E-state index is 4.39. The molecule has 0 N–H and O–H groups in total. The Kier molecular flexibility index (Phi) is 1.45. The molecule has 0 saturated heterocycles. The first kappa shape index (κ1) is 6.84. The second kappa shape index (κ2) is 2.33. The maximum Gasteiger partial charge on any atom is 0.0466 e. The molecule has 0 saturated carbocycles. The van der Waals surface area contributed by atoms with Gasteiger partial charge in [0.15, 0.2) is 0 Å². The predicted octanol–water partition coefficient (Wildman–Crippen LogP) is 2.38. The summed E-state index contributed by atoms with van der Waals surface area (Å²) in [5.41, 5.74) is 2.77. The van der Waals surface area contributed by atoms with Crippen molar-refractivity contribution in [1.29, 1.82) is 0 Å². The number of aromatic nitrogens is 1. The molecule has 0 radical (unpaired) electrons. The molecule has 1 aromatic heterocycles. The highest BCUT2D eigenvalue weighted by Crippen LogP contribution is 2.35. The first-order valence-corrected chi connectivity index (χ1v) is 4.23. The minimum Gasteiger partial charge on any atom is -0.261 e. The van der Waals surface area contributed by atoms with Crippen LogP contribution in [0.3, 0.4) is 0 Å².